The van der Waals surface area contributed by atoms with Gasteiger partial charge in [0.05, 0.1) is 6.21 Å². The van der Waals surface area contributed by atoms with Gasteiger partial charge in [-0.3, -0.25) is 4.79 Å². The standard InChI is InChI=1S/C20H16BrClN2O3/c1-13-5-6-14(9-18(13)22)19-8-7-17(27-19)11-23-24-20(25)12-26-16-4-2-3-15(21)10-16/h2-11H,12H2,1H3,(H,24,25)/b23-11+. The molecule has 5 nitrogen and oxygen atoms in total. The first-order valence-electron chi connectivity index (χ1n) is 8.08. The summed E-state index contributed by atoms with van der Waals surface area (Å²) in [6.07, 6.45) is 1.43. The zero-order valence-electron chi connectivity index (χ0n) is 14.4. The second-order valence-corrected chi connectivity index (χ2v) is 7.03. The van der Waals surface area contributed by atoms with Crippen molar-refractivity contribution in [2.75, 3.05) is 6.61 Å². The molecule has 1 N–H and O–H groups in total. The Morgan fingerprint density at radius 2 is 2.11 bits per heavy atom. The molecule has 0 saturated carbocycles. The van der Waals surface area contributed by atoms with Crippen molar-refractivity contribution in [2.45, 2.75) is 6.92 Å². The summed E-state index contributed by atoms with van der Waals surface area (Å²) >= 11 is 9.48. The Morgan fingerprint density at radius 1 is 1.26 bits per heavy atom. The maximum atomic E-state index is 11.8. The zero-order valence-corrected chi connectivity index (χ0v) is 16.8. The number of hydrogen-bond acceptors (Lipinski definition) is 4. The third-order valence-electron chi connectivity index (χ3n) is 3.63. The predicted octanol–water partition coefficient (Wildman–Crippen LogP) is 5.20. The number of rotatable bonds is 6. The van der Waals surface area contributed by atoms with Crippen LogP contribution in [0.25, 0.3) is 11.3 Å². The first-order valence-corrected chi connectivity index (χ1v) is 9.25. The van der Waals surface area contributed by atoms with Gasteiger partial charge in [-0.25, -0.2) is 5.43 Å². The van der Waals surface area contributed by atoms with E-state index < -0.39 is 0 Å². The molecule has 0 fully saturated rings. The van der Waals surface area contributed by atoms with Crippen LogP contribution in [0.1, 0.15) is 11.3 Å². The van der Waals surface area contributed by atoms with E-state index in [2.05, 4.69) is 26.5 Å². The molecule has 0 atom stereocenters. The van der Waals surface area contributed by atoms with Crippen LogP contribution in [-0.4, -0.2) is 18.7 Å². The Bertz CT molecular complexity index is 985. The van der Waals surface area contributed by atoms with Gasteiger partial charge in [-0.1, -0.05) is 45.7 Å². The van der Waals surface area contributed by atoms with E-state index in [0.29, 0.717) is 22.3 Å². The smallest absolute Gasteiger partial charge is 0.277 e. The van der Waals surface area contributed by atoms with Gasteiger partial charge in [0.15, 0.2) is 6.61 Å². The van der Waals surface area contributed by atoms with Gasteiger partial charge >= 0.3 is 0 Å². The molecule has 0 aliphatic rings. The number of benzene rings is 2. The molecule has 3 rings (SSSR count). The summed E-state index contributed by atoms with van der Waals surface area (Å²) in [5.74, 6) is 1.40. The van der Waals surface area contributed by atoms with E-state index in [9.17, 15) is 4.79 Å². The quantitative estimate of drug-likeness (QED) is 0.417. The summed E-state index contributed by atoms with van der Waals surface area (Å²) < 4.78 is 12.0. The Kier molecular flexibility index (Phi) is 6.32. The van der Waals surface area contributed by atoms with E-state index in [1.165, 1.54) is 6.21 Å². The minimum absolute atomic E-state index is 0.140. The molecule has 0 radical (unpaired) electrons. The number of halogens is 2. The number of hydrogen-bond donors (Lipinski definition) is 1. The predicted molar refractivity (Wildman–Crippen MR) is 109 cm³/mol. The monoisotopic (exact) mass is 446 g/mol. The number of nitrogens with one attached hydrogen (secondary N) is 1. The highest BCUT2D eigenvalue weighted by Crippen LogP contribution is 2.26. The minimum atomic E-state index is -0.372. The lowest BCUT2D eigenvalue weighted by Crippen LogP contribution is -2.24. The molecule has 0 saturated heterocycles. The first kappa shape index (κ1) is 19.2. The van der Waals surface area contributed by atoms with Crippen LogP contribution in [0.3, 0.4) is 0 Å². The second kappa shape index (κ2) is 8.88. The molecule has 7 heteroatoms. The lowest BCUT2D eigenvalue weighted by molar-refractivity contribution is -0.123. The van der Waals surface area contributed by atoms with Crippen LogP contribution in [0.15, 0.2) is 68.6 Å². The molecule has 0 aliphatic heterocycles. The van der Waals surface area contributed by atoms with E-state index in [0.717, 1.165) is 15.6 Å². The number of ether oxygens (including phenoxy) is 1. The zero-order chi connectivity index (χ0) is 19.2. The Labute approximate surface area is 170 Å². The summed E-state index contributed by atoms with van der Waals surface area (Å²) in [6, 6.07) is 16.5. The van der Waals surface area contributed by atoms with E-state index in [1.807, 2.05) is 43.3 Å². The number of furan rings is 1. The maximum absolute atomic E-state index is 11.8. The van der Waals surface area contributed by atoms with Crippen LogP contribution in [0.2, 0.25) is 5.02 Å². The average molecular weight is 448 g/mol. The molecule has 1 aromatic heterocycles. The van der Waals surface area contributed by atoms with Crippen molar-refractivity contribution in [1.29, 1.82) is 0 Å². The SMILES string of the molecule is Cc1ccc(-c2ccc(/C=N/NC(=O)COc3cccc(Br)c3)o2)cc1Cl. The number of amides is 1. The topological polar surface area (TPSA) is 63.8 Å². The average Bonchev–Trinajstić information content (AvgIpc) is 3.11. The second-order valence-electron chi connectivity index (χ2n) is 5.71. The highest BCUT2D eigenvalue weighted by Gasteiger charge is 2.06. The van der Waals surface area contributed by atoms with Crippen LogP contribution in [0.5, 0.6) is 5.75 Å². The third-order valence-corrected chi connectivity index (χ3v) is 4.53. The molecule has 0 bridgehead atoms. The van der Waals surface area contributed by atoms with E-state index in [-0.39, 0.29) is 12.5 Å². The fourth-order valence-corrected chi connectivity index (χ4v) is 2.79. The van der Waals surface area contributed by atoms with Crippen LogP contribution in [0, 0.1) is 6.92 Å². The Balaban J connectivity index is 1.53. The van der Waals surface area contributed by atoms with E-state index in [1.54, 1.807) is 18.2 Å². The molecule has 27 heavy (non-hydrogen) atoms. The van der Waals surface area contributed by atoms with Crippen LogP contribution < -0.4 is 10.2 Å². The number of hydrazone groups is 1. The summed E-state index contributed by atoms with van der Waals surface area (Å²) in [5.41, 5.74) is 4.27. The summed E-state index contributed by atoms with van der Waals surface area (Å²) in [6.45, 7) is 1.80. The fourth-order valence-electron chi connectivity index (χ4n) is 2.23. The van der Waals surface area contributed by atoms with Crippen LogP contribution in [-0.2, 0) is 4.79 Å². The lowest BCUT2D eigenvalue weighted by atomic mass is 10.1. The van der Waals surface area contributed by atoms with Crippen LogP contribution in [0.4, 0.5) is 0 Å². The molecule has 0 spiro atoms. The third kappa shape index (κ3) is 5.45. The van der Waals surface area contributed by atoms with Gasteiger partial charge in [0, 0.05) is 15.1 Å². The van der Waals surface area contributed by atoms with Gasteiger partial charge in [-0.05, 0) is 48.9 Å². The Morgan fingerprint density at radius 3 is 2.89 bits per heavy atom. The van der Waals surface area contributed by atoms with Crippen molar-refractivity contribution < 1.29 is 13.9 Å². The van der Waals surface area contributed by atoms with Crippen molar-refractivity contribution in [2.24, 2.45) is 5.10 Å². The van der Waals surface area contributed by atoms with Gasteiger partial charge in [-0.15, -0.1) is 0 Å². The first-order chi connectivity index (χ1) is 13.0. The fraction of sp³-hybridized carbons (Fsp3) is 0.100. The van der Waals surface area contributed by atoms with E-state index >= 15 is 0 Å². The number of carbonyl (C=O) groups excluding carboxylic acids is 1. The summed E-state index contributed by atoms with van der Waals surface area (Å²) in [4.78, 5) is 11.8. The molecule has 3 aromatic rings. The van der Waals surface area contributed by atoms with Gasteiger partial charge in [0.25, 0.3) is 5.91 Å². The van der Waals surface area contributed by atoms with E-state index in [4.69, 9.17) is 20.8 Å². The molecule has 138 valence electrons. The number of carbonyl (C=O) groups is 1. The van der Waals surface area contributed by atoms with Crippen molar-refractivity contribution >= 4 is 39.7 Å². The molecule has 1 heterocycles. The normalized spacial score (nSPS) is 10.9. The molecule has 0 unspecified atom stereocenters. The maximum Gasteiger partial charge on any atom is 0.277 e. The van der Waals surface area contributed by atoms with Crippen molar-refractivity contribution in [3.05, 3.63) is 75.4 Å². The van der Waals surface area contributed by atoms with Gasteiger partial charge in [-0.2, -0.15) is 5.10 Å². The number of nitrogens with zero attached hydrogens (tertiary/aromatic N) is 1. The highest BCUT2D eigenvalue weighted by molar-refractivity contribution is 9.10. The Hall–Kier alpha value is -2.57. The highest BCUT2D eigenvalue weighted by atomic mass is 79.9. The molecule has 1 amide bonds. The van der Waals surface area contributed by atoms with Gasteiger partial charge in [0.1, 0.15) is 17.3 Å². The summed E-state index contributed by atoms with van der Waals surface area (Å²) in [7, 11) is 0. The van der Waals surface area contributed by atoms with Gasteiger partial charge in [0.2, 0.25) is 0 Å². The summed E-state index contributed by atoms with van der Waals surface area (Å²) in [5, 5.41) is 4.55. The molecule has 2 aromatic carbocycles. The van der Waals surface area contributed by atoms with Crippen molar-refractivity contribution in [1.82, 2.24) is 5.43 Å². The van der Waals surface area contributed by atoms with Crippen molar-refractivity contribution in [3.63, 3.8) is 0 Å². The largest absolute Gasteiger partial charge is 0.484 e. The van der Waals surface area contributed by atoms with Crippen molar-refractivity contribution in [3.8, 4) is 17.1 Å². The van der Waals surface area contributed by atoms with Gasteiger partial charge < -0.3 is 9.15 Å². The minimum Gasteiger partial charge on any atom is -0.484 e. The number of aryl methyl sites for hydroxylation is 1. The van der Waals surface area contributed by atoms with Crippen LogP contribution >= 0.6 is 27.5 Å². The molecule has 0 aliphatic carbocycles. The molecular weight excluding hydrogens is 432 g/mol. The molecular formula is C20H16BrClN2O3. The lowest BCUT2D eigenvalue weighted by Gasteiger charge is -2.04.